The lowest BCUT2D eigenvalue weighted by Gasteiger charge is -2.37. The highest BCUT2D eigenvalue weighted by Gasteiger charge is 2.37. The molecule has 1 amide bonds. The normalized spacial score (nSPS) is 32.4. The second kappa shape index (κ2) is 5.33. The smallest absolute Gasteiger partial charge is 0.226 e. The number of nitrogens with one attached hydrogen (secondary N) is 1. The van der Waals surface area contributed by atoms with Gasteiger partial charge in [-0.3, -0.25) is 4.79 Å². The van der Waals surface area contributed by atoms with Crippen LogP contribution >= 0.6 is 0 Å². The molecular weight excluding hydrogens is 222 g/mol. The van der Waals surface area contributed by atoms with Gasteiger partial charge >= 0.3 is 0 Å². The highest BCUT2D eigenvalue weighted by atomic mass is 16.5. The Hall–Kier alpha value is -0.650. The SMILES string of the molecule is CC1CC(C(=O)NC2(CO)CCOCC2)CO1. The maximum Gasteiger partial charge on any atom is 0.226 e. The van der Waals surface area contributed by atoms with Crippen molar-refractivity contribution in [3.63, 3.8) is 0 Å². The van der Waals surface area contributed by atoms with Crippen LogP contribution in [0.2, 0.25) is 0 Å². The van der Waals surface area contributed by atoms with E-state index in [1.54, 1.807) is 0 Å². The first-order valence-corrected chi connectivity index (χ1v) is 6.27. The topological polar surface area (TPSA) is 67.8 Å². The number of rotatable bonds is 3. The van der Waals surface area contributed by atoms with Gasteiger partial charge in [-0.25, -0.2) is 0 Å². The van der Waals surface area contributed by atoms with Crippen molar-refractivity contribution in [2.24, 2.45) is 5.92 Å². The van der Waals surface area contributed by atoms with Gasteiger partial charge in [-0.05, 0) is 26.2 Å². The summed E-state index contributed by atoms with van der Waals surface area (Å²) in [6, 6.07) is 0. The van der Waals surface area contributed by atoms with Crippen molar-refractivity contribution in [2.45, 2.75) is 37.8 Å². The van der Waals surface area contributed by atoms with Crippen LogP contribution < -0.4 is 5.32 Å². The molecule has 2 saturated heterocycles. The van der Waals surface area contributed by atoms with Gasteiger partial charge in [-0.15, -0.1) is 0 Å². The summed E-state index contributed by atoms with van der Waals surface area (Å²) in [5.41, 5.74) is -0.485. The molecule has 2 heterocycles. The summed E-state index contributed by atoms with van der Waals surface area (Å²) in [5, 5.41) is 12.5. The fraction of sp³-hybridized carbons (Fsp3) is 0.917. The molecule has 0 aromatic rings. The Morgan fingerprint density at radius 3 is 2.71 bits per heavy atom. The number of ether oxygens (including phenoxy) is 2. The van der Waals surface area contributed by atoms with Crippen molar-refractivity contribution < 1.29 is 19.4 Å². The molecule has 2 fully saturated rings. The molecule has 2 unspecified atom stereocenters. The van der Waals surface area contributed by atoms with Gasteiger partial charge in [0.2, 0.25) is 5.91 Å². The van der Waals surface area contributed by atoms with Crippen molar-refractivity contribution in [1.82, 2.24) is 5.32 Å². The molecule has 2 atom stereocenters. The molecule has 2 N–H and O–H groups in total. The molecule has 17 heavy (non-hydrogen) atoms. The molecule has 0 bridgehead atoms. The molecule has 0 spiro atoms. The van der Waals surface area contributed by atoms with Crippen molar-refractivity contribution >= 4 is 5.91 Å². The zero-order valence-electron chi connectivity index (χ0n) is 10.3. The molecule has 0 radical (unpaired) electrons. The fourth-order valence-electron chi connectivity index (χ4n) is 2.45. The first-order valence-electron chi connectivity index (χ1n) is 6.27. The molecule has 0 aliphatic carbocycles. The number of hydrogen-bond donors (Lipinski definition) is 2. The van der Waals surface area contributed by atoms with Crippen LogP contribution in [0.25, 0.3) is 0 Å². The van der Waals surface area contributed by atoms with Gasteiger partial charge in [-0.2, -0.15) is 0 Å². The van der Waals surface area contributed by atoms with E-state index in [-0.39, 0.29) is 24.5 Å². The van der Waals surface area contributed by atoms with Crippen LogP contribution in [0.4, 0.5) is 0 Å². The van der Waals surface area contributed by atoms with E-state index in [4.69, 9.17) is 9.47 Å². The van der Waals surface area contributed by atoms with Crippen LogP contribution in [0, 0.1) is 5.92 Å². The van der Waals surface area contributed by atoms with E-state index in [1.165, 1.54) is 0 Å². The van der Waals surface area contributed by atoms with Crippen molar-refractivity contribution in [1.29, 1.82) is 0 Å². The molecule has 2 aliphatic heterocycles. The van der Waals surface area contributed by atoms with Crippen LogP contribution in [0.5, 0.6) is 0 Å². The highest BCUT2D eigenvalue weighted by molar-refractivity contribution is 5.80. The lowest BCUT2D eigenvalue weighted by Crippen LogP contribution is -2.56. The van der Waals surface area contributed by atoms with E-state index in [0.29, 0.717) is 32.7 Å². The first-order chi connectivity index (χ1) is 8.15. The molecule has 0 saturated carbocycles. The van der Waals surface area contributed by atoms with E-state index in [1.807, 2.05) is 6.92 Å². The van der Waals surface area contributed by atoms with Gasteiger partial charge < -0.3 is 19.9 Å². The van der Waals surface area contributed by atoms with Gasteiger partial charge in [0.25, 0.3) is 0 Å². The van der Waals surface area contributed by atoms with E-state index >= 15 is 0 Å². The average molecular weight is 243 g/mol. The number of hydrogen-bond acceptors (Lipinski definition) is 4. The Balaban J connectivity index is 1.91. The van der Waals surface area contributed by atoms with Crippen molar-refractivity contribution in [3.05, 3.63) is 0 Å². The van der Waals surface area contributed by atoms with Crippen LogP contribution in [0.15, 0.2) is 0 Å². The number of amides is 1. The first kappa shape index (κ1) is 12.8. The average Bonchev–Trinajstić information content (AvgIpc) is 2.77. The van der Waals surface area contributed by atoms with Crippen LogP contribution in [0.1, 0.15) is 26.2 Å². The molecule has 0 aromatic carbocycles. The summed E-state index contributed by atoms with van der Waals surface area (Å²) in [6.07, 6.45) is 2.28. The Morgan fingerprint density at radius 2 is 2.18 bits per heavy atom. The van der Waals surface area contributed by atoms with E-state index in [0.717, 1.165) is 6.42 Å². The molecule has 2 rings (SSSR count). The zero-order valence-corrected chi connectivity index (χ0v) is 10.3. The minimum Gasteiger partial charge on any atom is -0.394 e. The van der Waals surface area contributed by atoms with Crippen LogP contribution in [-0.4, -0.2) is 49.1 Å². The Morgan fingerprint density at radius 1 is 1.47 bits per heavy atom. The van der Waals surface area contributed by atoms with Gasteiger partial charge in [0.05, 0.1) is 30.8 Å². The Bertz CT molecular complexity index is 276. The van der Waals surface area contributed by atoms with Gasteiger partial charge in [0.1, 0.15) is 0 Å². The summed E-state index contributed by atoms with van der Waals surface area (Å²) in [4.78, 5) is 12.1. The van der Waals surface area contributed by atoms with Crippen molar-refractivity contribution in [3.8, 4) is 0 Å². The summed E-state index contributed by atoms with van der Waals surface area (Å²) in [5.74, 6) is -0.0680. The Labute approximate surface area is 101 Å². The zero-order chi connectivity index (χ0) is 12.3. The molecule has 98 valence electrons. The van der Waals surface area contributed by atoms with Crippen LogP contribution in [0.3, 0.4) is 0 Å². The quantitative estimate of drug-likeness (QED) is 0.736. The lowest BCUT2D eigenvalue weighted by atomic mass is 9.90. The summed E-state index contributed by atoms with van der Waals surface area (Å²) < 4.78 is 10.7. The highest BCUT2D eigenvalue weighted by Crippen LogP contribution is 2.24. The second-order valence-electron chi connectivity index (χ2n) is 5.12. The molecule has 2 aliphatic rings. The summed E-state index contributed by atoms with van der Waals surface area (Å²) in [6.45, 7) is 3.64. The third kappa shape index (κ3) is 2.97. The van der Waals surface area contributed by atoms with E-state index < -0.39 is 5.54 Å². The lowest BCUT2D eigenvalue weighted by molar-refractivity contribution is -0.129. The monoisotopic (exact) mass is 243 g/mol. The Kier molecular flexibility index (Phi) is 4.01. The van der Waals surface area contributed by atoms with E-state index in [2.05, 4.69) is 5.32 Å². The molecule has 5 nitrogen and oxygen atoms in total. The van der Waals surface area contributed by atoms with Crippen LogP contribution in [-0.2, 0) is 14.3 Å². The standard InChI is InChI=1S/C12H21NO4/c1-9-6-10(7-17-9)11(15)13-12(8-14)2-4-16-5-3-12/h9-10,14H,2-8H2,1H3,(H,13,15). The maximum atomic E-state index is 12.1. The van der Waals surface area contributed by atoms with Gasteiger partial charge in [0, 0.05) is 13.2 Å². The van der Waals surface area contributed by atoms with Gasteiger partial charge in [-0.1, -0.05) is 0 Å². The molecular formula is C12H21NO4. The third-order valence-electron chi connectivity index (χ3n) is 3.71. The van der Waals surface area contributed by atoms with Gasteiger partial charge in [0.15, 0.2) is 0 Å². The summed E-state index contributed by atoms with van der Waals surface area (Å²) in [7, 11) is 0. The number of carbonyl (C=O) groups excluding carboxylic acids is 1. The second-order valence-corrected chi connectivity index (χ2v) is 5.12. The minimum absolute atomic E-state index is 0.00491. The summed E-state index contributed by atoms with van der Waals surface area (Å²) >= 11 is 0. The molecule has 5 heteroatoms. The largest absolute Gasteiger partial charge is 0.394 e. The number of aliphatic hydroxyl groups is 1. The maximum absolute atomic E-state index is 12.1. The third-order valence-corrected chi connectivity index (χ3v) is 3.71. The predicted octanol–water partition coefficient (Wildman–Crippen LogP) is 0.0691. The fourth-order valence-corrected chi connectivity index (χ4v) is 2.45. The minimum atomic E-state index is -0.485. The number of aliphatic hydroxyl groups excluding tert-OH is 1. The van der Waals surface area contributed by atoms with E-state index in [9.17, 15) is 9.90 Å². The van der Waals surface area contributed by atoms with Crippen molar-refractivity contribution in [2.75, 3.05) is 26.4 Å². The predicted molar refractivity (Wildman–Crippen MR) is 61.5 cm³/mol. The number of carbonyl (C=O) groups is 1. The molecule has 0 aromatic heterocycles.